The molecule has 0 aliphatic heterocycles. The first-order valence-corrected chi connectivity index (χ1v) is 10.5. The maximum atomic E-state index is 12.2. The van der Waals surface area contributed by atoms with E-state index >= 15 is 0 Å². The molecule has 1 N–H and O–H groups in total. The summed E-state index contributed by atoms with van der Waals surface area (Å²) in [6.45, 7) is 6.83. The standard InChI is InChI=1S/C21H27NO4S/c1-21(2,3)19-11-7-16(8-12-19)13-14-22-27(24,25)15-17-5-9-18(10-6-17)20(23)26-4/h5-12,22H,13-15H2,1-4H3. The Morgan fingerprint density at radius 3 is 2.04 bits per heavy atom. The van der Waals surface area contributed by atoms with Gasteiger partial charge in [-0.25, -0.2) is 17.9 Å². The number of carbonyl (C=O) groups excluding carboxylic acids is 1. The number of esters is 1. The van der Waals surface area contributed by atoms with Gasteiger partial charge in [0.25, 0.3) is 0 Å². The lowest BCUT2D eigenvalue weighted by Gasteiger charge is -2.19. The highest BCUT2D eigenvalue weighted by Gasteiger charge is 2.14. The zero-order valence-corrected chi connectivity index (χ0v) is 17.1. The Kier molecular flexibility index (Phi) is 6.78. The van der Waals surface area contributed by atoms with E-state index in [1.54, 1.807) is 24.3 Å². The van der Waals surface area contributed by atoms with Crippen LogP contribution in [0.3, 0.4) is 0 Å². The Hall–Kier alpha value is -2.18. The lowest BCUT2D eigenvalue weighted by molar-refractivity contribution is 0.0600. The molecule has 0 bridgehead atoms. The fraction of sp³-hybridized carbons (Fsp3) is 0.381. The van der Waals surface area contributed by atoms with Crippen molar-refractivity contribution in [2.24, 2.45) is 0 Å². The van der Waals surface area contributed by atoms with Crippen LogP contribution in [0.25, 0.3) is 0 Å². The predicted molar refractivity (Wildman–Crippen MR) is 107 cm³/mol. The fourth-order valence-corrected chi connectivity index (χ4v) is 3.79. The Balaban J connectivity index is 1.88. The van der Waals surface area contributed by atoms with Crippen LogP contribution in [-0.2, 0) is 32.3 Å². The number of hydrogen-bond donors (Lipinski definition) is 1. The molecule has 2 aromatic rings. The normalized spacial score (nSPS) is 12.0. The third-order valence-electron chi connectivity index (χ3n) is 4.29. The zero-order chi connectivity index (χ0) is 20.1. The van der Waals surface area contributed by atoms with Crippen LogP contribution in [0.15, 0.2) is 48.5 Å². The first kappa shape index (κ1) is 21.1. The van der Waals surface area contributed by atoms with Gasteiger partial charge in [-0.15, -0.1) is 0 Å². The molecule has 5 nitrogen and oxygen atoms in total. The van der Waals surface area contributed by atoms with Gasteiger partial charge in [0, 0.05) is 6.54 Å². The van der Waals surface area contributed by atoms with Crippen LogP contribution in [0.5, 0.6) is 0 Å². The largest absolute Gasteiger partial charge is 0.465 e. The molecule has 6 heteroatoms. The zero-order valence-electron chi connectivity index (χ0n) is 16.3. The van der Waals surface area contributed by atoms with Crippen LogP contribution >= 0.6 is 0 Å². The molecule has 0 amide bonds. The fourth-order valence-electron chi connectivity index (χ4n) is 2.65. The molecule has 0 atom stereocenters. The van der Waals surface area contributed by atoms with Gasteiger partial charge in [0.15, 0.2) is 0 Å². The van der Waals surface area contributed by atoms with Crippen molar-refractivity contribution in [3.05, 3.63) is 70.8 Å². The lowest BCUT2D eigenvalue weighted by Crippen LogP contribution is -2.27. The average molecular weight is 390 g/mol. The summed E-state index contributed by atoms with van der Waals surface area (Å²) in [6.07, 6.45) is 0.630. The quantitative estimate of drug-likeness (QED) is 0.737. The highest BCUT2D eigenvalue weighted by molar-refractivity contribution is 7.88. The first-order chi connectivity index (χ1) is 12.6. The number of methoxy groups -OCH3 is 1. The molecule has 27 heavy (non-hydrogen) atoms. The number of ether oxygens (including phenoxy) is 1. The van der Waals surface area contributed by atoms with Crippen molar-refractivity contribution in [3.63, 3.8) is 0 Å². The molecule has 2 rings (SSSR count). The topological polar surface area (TPSA) is 72.5 Å². The summed E-state index contributed by atoms with van der Waals surface area (Å²) < 4.78 is 31.8. The number of rotatable bonds is 7. The monoisotopic (exact) mass is 389 g/mol. The van der Waals surface area contributed by atoms with Crippen LogP contribution in [0, 0.1) is 0 Å². The highest BCUT2D eigenvalue weighted by atomic mass is 32.2. The van der Waals surface area contributed by atoms with Gasteiger partial charge >= 0.3 is 5.97 Å². The molecule has 0 radical (unpaired) electrons. The van der Waals surface area contributed by atoms with Gasteiger partial charge in [-0.1, -0.05) is 57.2 Å². The molecule has 2 aromatic carbocycles. The van der Waals surface area contributed by atoms with Gasteiger partial charge in [0.2, 0.25) is 10.0 Å². The third-order valence-corrected chi connectivity index (χ3v) is 5.64. The summed E-state index contributed by atoms with van der Waals surface area (Å²) in [4.78, 5) is 11.4. The third kappa shape index (κ3) is 6.48. The van der Waals surface area contributed by atoms with Crippen LogP contribution in [0.4, 0.5) is 0 Å². The van der Waals surface area contributed by atoms with E-state index in [0.29, 0.717) is 24.1 Å². The molecule has 146 valence electrons. The van der Waals surface area contributed by atoms with Gasteiger partial charge in [-0.05, 0) is 40.7 Å². The second-order valence-electron chi connectivity index (χ2n) is 7.54. The Morgan fingerprint density at radius 2 is 1.52 bits per heavy atom. The SMILES string of the molecule is COC(=O)c1ccc(CS(=O)(=O)NCCc2ccc(C(C)(C)C)cc2)cc1. The van der Waals surface area contributed by atoms with E-state index in [4.69, 9.17) is 0 Å². The summed E-state index contributed by atoms with van der Waals surface area (Å²) >= 11 is 0. The maximum absolute atomic E-state index is 12.2. The van der Waals surface area contributed by atoms with E-state index in [-0.39, 0.29) is 11.2 Å². The number of hydrogen-bond acceptors (Lipinski definition) is 4. The van der Waals surface area contributed by atoms with Crippen LogP contribution < -0.4 is 4.72 Å². The highest BCUT2D eigenvalue weighted by Crippen LogP contribution is 2.22. The van der Waals surface area contributed by atoms with Gasteiger partial charge < -0.3 is 4.74 Å². The smallest absolute Gasteiger partial charge is 0.337 e. The molecular weight excluding hydrogens is 362 g/mol. The number of sulfonamides is 1. The van der Waals surface area contributed by atoms with Crippen molar-refractivity contribution in [1.82, 2.24) is 4.72 Å². The minimum absolute atomic E-state index is 0.101. The molecule has 0 fully saturated rings. The molecule has 0 aliphatic rings. The predicted octanol–water partition coefficient (Wildman–Crippen LogP) is 3.43. The maximum Gasteiger partial charge on any atom is 0.337 e. The molecule has 0 saturated carbocycles. The van der Waals surface area contributed by atoms with E-state index in [1.807, 2.05) is 12.1 Å². The number of benzene rings is 2. The van der Waals surface area contributed by atoms with Crippen LogP contribution in [0.1, 0.15) is 47.8 Å². The van der Waals surface area contributed by atoms with Gasteiger partial charge in [0.05, 0.1) is 18.4 Å². The van der Waals surface area contributed by atoms with Crippen molar-refractivity contribution in [3.8, 4) is 0 Å². The number of carbonyl (C=O) groups is 1. The van der Waals surface area contributed by atoms with Crippen molar-refractivity contribution in [2.75, 3.05) is 13.7 Å². The summed E-state index contributed by atoms with van der Waals surface area (Å²) in [5.41, 5.74) is 3.45. The average Bonchev–Trinajstić information content (AvgIpc) is 2.61. The Morgan fingerprint density at radius 1 is 0.963 bits per heavy atom. The molecular formula is C21H27NO4S. The van der Waals surface area contributed by atoms with E-state index in [0.717, 1.165) is 5.56 Å². The van der Waals surface area contributed by atoms with Gasteiger partial charge in [-0.2, -0.15) is 0 Å². The Bertz CT molecular complexity index is 864. The van der Waals surface area contributed by atoms with E-state index in [2.05, 4.69) is 42.4 Å². The van der Waals surface area contributed by atoms with Crippen LogP contribution in [0.2, 0.25) is 0 Å². The van der Waals surface area contributed by atoms with Crippen molar-refractivity contribution >= 4 is 16.0 Å². The lowest BCUT2D eigenvalue weighted by atomic mass is 9.86. The number of nitrogens with one attached hydrogen (secondary N) is 1. The summed E-state index contributed by atoms with van der Waals surface area (Å²) in [6, 6.07) is 14.6. The minimum Gasteiger partial charge on any atom is -0.465 e. The van der Waals surface area contributed by atoms with Crippen LogP contribution in [-0.4, -0.2) is 28.0 Å². The molecule has 0 unspecified atom stereocenters. The van der Waals surface area contributed by atoms with Gasteiger partial charge in [-0.3, -0.25) is 0 Å². The van der Waals surface area contributed by atoms with E-state index in [1.165, 1.54) is 12.7 Å². The summed E-state index contributed by atoms with van der Waals surface area (Å²) in [5.74, 6) is -0.572. The van der Waals surface area contributed by atoms with Crippen molar-refractivity contribution in [2.45, 2.75) is 38.4 Å². The van der Waals surface area contributed by atoms with E-state index < -0.39 is 16.0 Å². The second-order valence-corrected chi connectivity index (χ2v) is 9.35. The van der Waals surface area contributed by atoms with Gasteiger partial charge in [0.1, 0.15) is 0 Å². The molecule has 0 aliphatic carbocycles. The van der Waals surface area contributed by atoms with Crippen molar-refractivity contribution < 1.29 is 17.9 Å². The molecule has 0 heterocycles. The molecule has 0 saturated heterocycles. The second kappa shape index (κ2) is 8.67. The molecule has 0 aromatic heterocycles. The molecule has 0 spiro atoms. The summed E-state index contributed by atoms with van der Waals surface area (Å²) in [5, 5.41) is 0. The van der Waals surface area contributed by atoms with Crippen molar-refractivity contribution in [1.29, 1.82) is 0 Å². The summed E-state index contributed by atoms with van der Waals surface area (Å²) in [7, 11) is -2.13. The Labute approximate surface area is 161 Å². The first-order valence-electron chi connectivity index (χ1n) is 8.85. The minimum atomic E-state index is -3.44. The van der Waals surface area contributed by atoms with E-state index in [9.17, 15) is 13.2 Å².